The van der Waals surface area contributed by atoms with Crippen molar-refractivity contribution in [3.63, 3.8) is 0 Å². The van der Waals surface area contributed by atoms with Gasteiger partial charge in [0, 0.05) is 24.3 Å². The summed E-state index contributed by atoms with van der Waals surface area (Å²) >= 11 is 0. The highest BCUT2D eigenvalue weighted by molar-refractivity contribution is 5.99. The monoisotopic (exact) mass is 438 g/mol. The van der Waals surface area contributed by atoms with Crippen molar-refractivity contribution in [2.24, 2.45) is 5.92 Å². The van der Waals surface area contributed by atoms with Crippen LogP contribution in [-0.4, -0.2) is 37.0 Å². The first-order valence-corrected chi connectivity index (χ1v) is 12.1. The lowest BCUT2D eigenvalue weighted by atomic mass is 9.77. The van der Waals surface area contributed by atoms with E-state index in [9.17, 15) is 9.18 Å². The van der Waals surface area contributed by atoms with Gasteiger partial charge in [-0.1, -0.05) is 38.0 Å². The van der Waals surface area contributed by atoms with E-state index in [1.54, 1.807) is 12.1 Å². The zero-order valence-electron chi connectivity index (χ0n) is 19.1. The van der Waals surface area contributed by atoms with Gasteiger partial charge in [0.25, 0.3) is 0 Å². The third-order valence-corrected chi connectivity index (χ3v) is 7.02. The molecule has 2 aliphatic rings. The second-order valence-electron chi connectivity index (χ2n) is 9.50. The van der Waals surface area contributed by atoms with Crippen molar-refractivity contribution < 1.29 is 13.9 Å². The van der Waals surface area contributed by atoms with Crippen molar-refractivity contribution in [3.8, 4) is 5.75 Å². The van der Waals surface area contributed by atoms with Crippen LogP contribution in [0.1, 0.15) is 57.4 Å². The van der Waals surface area contributed by atoms with Crippen molar-refractivity contribution in [1.82, 2.24) is 4.90 Å². The Bertz CT molecular complexity index is 893. The lowest BCUT2D eigenvalue weighted by Crippen LogP contribution is -2.38. The third-order valence-electron chi connectivity index (χ3n) is 7.02. The van der Waals surface area contributed by atoms with E-state index in [2.05, 4.69) is 17.1 Å². The van der Waals surface area contributed by atoms with Gasteiger partial charge in [0.2, 0.25) is 5.91 Å². The predicted molar refractivity (Wildman–Crippen MR) is 127 cm³/mol. The zero-order chi connectivity index (χ0) is 22.4. The van der Waals surface area contributed by atoms with Gasteiger partial charge in [-0.25, -0.2) is 4.39 Å². The molecule has 2 aromatic carbocycles. The Morgan fingerprint density at radius 3 is 2.59 bits per heavy atom. The highest BCUT2D eigenvalue weighted by Crippen LogP contribution is 2.43. The largest absolute Gasteiger partial charge is 0.494 e. The molecule has 0 unspecified atom stereocenters. The third kappa shape index (κ3) is 5.32. The minimum Gasteiger partial charge on any atom is -0.494 e. The highest BCUT2D eigenvalue weighted by atomic mass is 19.1. The number of carbonyl (C=O) groups is 1. The van der Waals surface area contributed by atoms with Crippen molar-refractivity contribution in [1.29, 1.82) is 0 Å². The number of hydrogen-bond donors (Lipinski definition) is 1. The molecule has 0 spiro atoms. The summed E-state index contributed by atoms with van der Waals surface area (Å²) in [5.41, 5.74) is 0.442. The van der Waals surface area contributed by atoms with Gasteiger partial charge in [-0.15, -0.1) is 0 Å². The number of amides is 1. The van der Waals surface area contributed by atoms with E-state index >= 15 is 0 Å². The Hall–Kier alpha value is -2.40. The highest BCUT2D eigenvalue weighted by Gasteiger charge is 2.44. The van der Waals surface area contributed by atoms with Crippen LogP contribution in [-0.2, 0) is 10.2 Å². The van der Waals surface area contributed by atoms with Crippen LogP contribution < -0.4 is 10.1 Å². The molecule has 1 atom stereocenters. The van der Waals surface area contributed by atoms with E-state index in [-0.39, 0.29) is 11.7 Å². The summed E-state index contributed by atoms with van der Waals surface area (Å²) in [6, 6.07) is 14.2. The van der Waals surface area contributed by atoms with Crippen LogP contribution in [0.3, 0.4) is 0 Å². The average molecular weight is 439 g/mol. The van der Waals surface area contributed by atoms with Crippen LogP contribution >= 0.6 is 0 Å². The van der Waals surface area contributed by atoms with Crippen LogP contribution in [0.25, 0.3) is 0 Å². The Balaban J connectivity index is 1.30. The smallest absolute Gasteiger partial charge is 0.235 e. The number of rotatable bonds is 8. The molecule has 0 radical (unpaired) electrons. The van der Waals surface area contributed by atoms with E-state index in [4.69, 9.17) is 4.74 Å². The Kier molecular flexibility index (Phi) is 7.46. The fraction of sp³-hybridized carbons (Fsp3) is 0.519. The number of nitrogens with zero attached hydrogens (tertiary/aromatic N) is 1. The molecular formula is C27H35FN2O2. The molecule has 1 aliphatic heterocycles. The molecule has 1 saturated heterocycles. The van der Waals surface area contributed by atoms with Gasteiger partial charge in [-0.05, 0) is 74.9 Å². The second-order valence-corrected chi connectivity index (χ2v) is 9.50. The molecule has 2 fully saturated rings. The quantitative estimate of drug-likeness (QED) is 0.532. The second kappa shape index (κ2) is 10.5. The van der Waals surface area contributed by atoms with E-state index in [1.165, 1.54) is 32.0 Å². The molecule has 5 heteroatoms. The maximum Gasteiger partial charge on any atom is 0.235 e. The van der Waals surface area contributed by atoms with E-state index in [0.29, 0.717) is 30.7 Å². The van der Waals surface area contributed by atoms with Crippen LogP contribution in [0.2, 0.25) is 0 Å². The molecular weight excluding hydrogens is 403 g/mol. The van der Waals surface area contributed by atoms with E-state index in [1.807, 2.05) is 30.3 Å². The van der Waals surface area contributed by atoms with Gasteiger partial charge >= 0.3 is 0 Å². The molecule has 4 rings (SSSR count). The number of anilines is 1. The number of halogens is 1. The van der Waals surface area contributed by atoms with Gasteiger partial charge in [-0.2, -0.15) is 0 Å². The SMILES string of the molecule is C[C@@H]1CCCN(CCCOc2ccc(NC(=O)C3(c4ccccc4F)CCCC3)cc2)C1. The first-order chi connectivity index (χ1) is 15.6. The van der Waals surface area contributed by atoms with Gasteiger partial charge in [0.1, 0.15) is 11.6 Å². The lowest BCUT2D eigenvalue weighted by Gasteiger charge is -2.30. The van der Waals surface area contributed by atoms with Crippen LogP contribution in [0.5, 0.6) is 5.75 Å². The summed E-state index contributed by atoms with van der Waals surface area (Å²) in [7, 11) is 0. The molecule has 1 amide bonds. The van der Waals surface area contributed by atoms with Crippen molar-refractivity contribution in [3.05, 3.63) is 59.9 Å². The molecule has 4 nitrogen and oxygen atoms in total. The molecule has 32 heavy (non-hydrogen) atoms. The zero-order valence-corrected chi connectivity index (χ0v) is 19.1. The number of benzene rings is 2. The van der Waals surface area contributed by atoms with Gasteiger partial charge in [0.05, 0.1) is 12.0 Å². The Morgan fingerprint density at radius 1 is 1.12 bits per heavy atom. The van der Waals surface area contributed by atoms with E-state index in [0.717, 1.165) is 37.5 Å². The number of piperidine rings is 1. The normalized spacial score (nSPS) is 20.8. The average Bonchev–Trinajstić information content (AvgIpc) is 3.29. The molecule has 1 heterocycles. The predicted octanol–water partition coefficient (Wildman–Crippen LogP) is 5.78. The van der Waals surface area contributed by atoms with Crippen molar-refractivity contribution in [2.75, 3.05) is 31.6 Å². The van der Waals surface area contributed by atoms with Crippen molar-refractivity contribution >= 4 is 11.6 Å². The molecule has 172 valence electrons. The molecule has 1 saturated carbocycles. The number of ether oxygens (including phenoxy) is 1. The summed E-state index contributed by atoms with van der Waals surface area (Å²) in [4.78, 5) is 15.8. The number of hydrogen-bond acceptors (Lipinski definition) is 3. The molecule has 1 aliphatic carbocycles. The fourth-order valence-corrected chi connectivity index (χ4v) is 5.30. The minimum atomic E-state index is -0.785. The minimum absolute atomic E-state index is 0.121. The lowest BCUT2D eigenvalue weighted by molar-refractivity contribution is -0.121. The van der Waals surface area contributed by atoms with Gasteiger partial charge in [0.15, 0.2) is 0 Å². The summed E-state index contributed by atoms with van der Waals surface area (Å²) in [6.45, 7) is 6.49. The Morgan fingerprint density at radius 2 is 1.88 bits per heavy atom. The Labute approximate surface area is 191 Å². The summed E-state index contributed by atoms with van der Waals surface area (Å²) < 4.78 is 20.4. The van der Waals surface area contributed by atoms with Gasteiger partial charge in [-0.3, -0.25) is 4.79 Å². The standard InChI is InChI=1S/C27H35FN2O2/c1-21-8-6-17-30(20-21)18-7-19-32-23-13-11-22(12-14-23)29-26(31)27(15-4-5-16-27)24-9-2-3-10-25(24)28/h2-3,9-14,21H,4-8,15-20H2,1H3,(H,29,31)/t21-/m1/s1. The number of likely N-dealkylation sites (tertiary alicyclic amines) is 1. The number of nitrogens with one attached hydrogen (secondary N) is 1. The summed E-state index contributed by atoms with van der Waals surface area (Å²) in [6.07, 6.45) is 6.88. The summed E-state index contributed by atoms with van der Waals surface area (Å²) in [5, 5.41) is 3.02. The van der Waals surface area contributed by atoms with Crippen LogP contribution in [0.15, 0.2) is 48.5 Å². The van der Waals surface area contributed by atoms with Crippen molar-refractivity contribution in [2.45, 2.75) is 57.3 Å². The molecule has 2 aromatic rings. The van der Waals surface area contributed by atoms with Gasteiger partial charge < -0.3 is 15.0 Å². The van der Waals surface area contributed by atoms with Crippen LogP contribution in [0.4, 0.5) is 10.1 Å². The maximum atomic E-state index is 14.5. The molecule has 1 N–H and O–H groups in total. The number of carbonyl (C=O) groups excluding carboxylic acids is 1. The fourth-order valence-electron chi connectivity index (χ4n) is 5.30. The maximum absolute atomic E-state index is 14.5. The summed E-state index contributed by atoms with van der Waals surface area (Å²) in [5.74, 6) is 1.19. The van der Waals surface area contributed by atoms with E-state index < -0.39 is 5.41 Å². The topological polar surface area (TPSA) is 41.6 Å². The molecule has 0 aromatic heterocycles. The first-order valence-electron chi connectivity index (χ1n) is 12.1. The first kappa shape index (κ1) is 22.8. The molecule has 0 bridgehead atoms. The van der Waals surface area contributed by atoms with Crippen LogP contribution in [0, 0.1) is 11.7 Å².